The molecule has 1 aromatic rings. The van der Waals surface area contributed by atoms with Crippen LogP contribution < -0.4 is 4.90 Å². The van der Waals surface area contributed by atoms with E-state index in [0.29, 0.717) is 12.2 Å². The van der Waals surface area contributed by atoms with E-state index in [-0.39, 0.29) is 0 Å². The van der Waals surface area contributed by atoms with Gasteiger partial charge in [0.1, 0.15) is 0 Å². The van der Waals surface area contributed by atoms with Crippen LogP contribution in [0.5, 0.6) is 0 Å². The zero-order valence-electron chi connectivity index (χ0n) is 15.8. The lowest BCUT2D eigenvalue weighted by molar-refractivity contribution is -0.00525. The Bertz CT molecular complexity index is 487. The van der Waals surface area contributed by atoms with E-state index in [1.807, 2.05) is 0 Å². The van der Waals surface area contributed by atoms with Crippen molar-refractivity contribution in [3.05, 3.63) is 28.8 Å². The minimum absolute atomic E-state index is 0.316. The Morgan fingerprint density at radius 2 is 1.61 bits per heavy atom. The number of anilines is 1. The number of hydrogen-bond donors (Lipinski definition) is 0. The fraction of sp³-hybridized carbons (Fsp3) is 0.714. The van der Waals surface area contributed by atoms with Crippen LogP contribution in [-0.4, -0.2) is 25.3 Å². The summed E-state index contributed by atoms with van der Waals surface area (Å²) in [7, 11) is 0. The highest BCUT2D eigenvalue weighted by Crippen LogP contribution is 2.28. The van der Waals surface area contributed by atoms with Crippen molar-refractivity contribution < 1.29 is 4.74 Å². The summed E-state index contributed by atoms with van der Waals surface area (Å²) in [5, 5.41) is 0. The maximum absolute atomic E-state index is 5.88. The average Bonchev–Trinajstić information content (AvgIpc) is 2.49. The van der Waals surface area contributed by atoms with E-state index in [9.17, 15) is 0 Å². The van der Waals surface area contributed by atoms with Gasteiger partial charge in [0, 0.05) is 18.8 Å². The quantitative estimate of drug-likeness (QED) is 0.622. The number of unbranched alkanes of at least 4 members (excludes halogenated alkanes) is 4. The predicted octanol–water partition coefficient (Wildman–Crippen LogP) is 5.43. The third kappa shape index (κ3) is 5.24. The van der Waals surface area contributed by atoms with Gasteiger partial charge in [-0.15, -0.1) is 0 Å². The van der Waals surface area contributed by atoms with Gasteiger partial charge in [0.2, 0.25) is 0 Å². The Morgan fingerprint density at radius 1 is 0.957 bits per heavy atom. The van der Waals surface area contributed by atoms with Crippen molar-refractivity contribution in [3.8, 4) is 0 Å². The molecule has 0 bridgehead atoms. The summed E-state index contributed by atoms with van der Waals surface area (Å²) >= 11 is 0. The van der Waals surface area contributed by atoms with Crippen LogP contribution in [0.1, 0.15) is 69.6 Å². The molecule has 0 aromatic heterocycles. The highest BCUT2D eigenvalue weighted by atomic mass is 16.5. The minimum atomic E-state index is 0.316. The van der Waals surface area contributed by atoms with Crippen LogP contribution in [0.2, 0.25) is 0 Å². The largest absolute Gasteiger partial charge is 0.372 e. The summed E-state index contributed by atoms with van der Waals surface area (Å²) in [4.78, 5) is 2.51. The maximum Gasteiger partial charge on any atom is 0.0726 e. The first kappa shape index (κ1) is 18.3. The number of hydrogen-bond acceptors (Lipinski definition) is 2. The Labute approximate surface area is 143 Å². The molecule has 0 aliphatic carbocycles. The van der Waals surface area contributed by atoms with Crippen LogP contribution in [0.3, 0.4) is 0 Å². The maximum atomic E-state index is 5.88. The van der Waals surface area contributed by atoms with Crippen LogP contribution in [0.15, 0.2) is 12.1 Å². The number of aryl methyl sites for hydroxylation is 3. The van der Waals surface area contributed by atoms with Crippen molar-refractivity contribution in [1.82, 2.24) is 0 Å². The van der Waals surface area contributed by atoms with Gasteiger partial charge in [0.05, 0.1) is 12.2 Å². The summed E-state index contributed by atoms with van der Waals surface area (Å²) in [6.45, 7) is 13.2. The first-order valence-corrected chi connectivity index (χ1v) is 9.51. The zero-order chi connectivity index (χ0) is 16.8. The van der Waals surface area contributed by atoms with Crippen molar-refractivity contribution in [1.29, 1.82) is 0 Å². The minimum Gasteiger partial charge on any atom is -0.372 e. The van der Waals surface area contributed by atoms with Crippen molar-refractivity contribution in [2.75, 3.05) is 18.0 Å². The topological polar surface area (TPSA) is 12.5 Å². The highest BCUT2D eigenvalue weighted by molar-refractivity contribution is 5.57. The summed E-state index contributed by atoms with van der Waals surface area (Å²) in [6, 6.07) is 4.83. The number of benzene rings is 1. The van der Waals surface area contributed by atoms with E-state index < -0.39 is 0 Å². The average molecular weight is 318 g/mol. The van der Waals surface area contributed by atoms with Crippen LogP contribution in [0.25, 0.3) is 0 Å². The van der Waals surface area contributed by atoms with E-state index in [1.165, 1.54) is 60.9 Å². The Kier molecular flexibility index (Phi) is 6.95. The van der Waals surface area contributed by atoms with Crippen molar-refractivity contribution in [2.45, 2.75) is 85.4 Å². The van der Waals surface area contributed by atoms with Gasteiger partial charge in [-0.25, -0.2) is 0 Å². The molecule has 2 heteroatoms. The van der Waals surface area contributed by atoms with Crippen molar-refractivity contribution in [2.24, 2.45) is 0 Å². The third-order valence-electron chi connectivity index (χ3n) is 4.96. The van der Waals surface area contributed by atoms with Crippen LogP contribution in [0, 0.1) is 13.8 Å². The van der Waals surface area contributed by atoms with Gasteiger partial charge in [0.15, 0.2) is 0 Å². The standard InChI is InChI=1S/C21H35NO/c1-6-7-8-9-10-11-20-12-17(3)21(13-16(20)2)22-14-18(4)23-19(5)15-22/h12-13,18-19H,6-11,14-15H2,1-5H3/t18-,19+. The first-order chi connectivity index (χ1) is 11.0. The molecule has 0 unspecified atom stereocenters. The third-order valence-corrected chi connectivity index (χ3v) is 4.96. The molecule has 2 rings (SSSR count). The van der Waals surface area contributed by atoms with E-state index in [0.717, 1.165) is 13.1 Å². The number of rotatable bonds is 7. The van der Waals surface area contributed by atoms with Gasteiger partial charge >= 0.3 is 0 Å². The molecule has 0 amide bonds. The summed E-state index contributed by atoms with van der Waals surface area (Å²) in [6.07, 6.45) is 8.64. The molecule has 0 radical (unpaired) electrons. The highest BCUT2D eigenvalue weighted by Gasteiger charge is 2.23. The number of nitrogens with zero attached hydrogens (tertiary/aromatic N) is 1. The Balaban J connectivity index is 2.02. The first-order valence-electron chi connectivity index (χ1n) is 9.51. The molecule has 130 valence electrons. The van der Waals surface area contributed by atoms with Crippen molar-refractivity contribution >= 4 is 5.69 Å². The van der Waals surface area contributed by atoms with Gasteiger partial charge in [-0.2, -0.15) is 0 Å². The molecule has 0 spiro atoms. The van der Waals surface area contributed by atoms with Gasteiger partial charge in [0.25, 0.3) is 0 Å². The second kappa shape index (κ2) is 8.73. The number of morpholine rings is 1. The summed E-state index contributed by atoms with van der Waals surface area (Å²) < 4.78 is 5.88. The van der Waals surface area contributed by atoms with Crippen LogP contribution >= 0.6 is 0 Å². The molecule has 2 nitrogen and oxygen atoms in total. The molecule has 0 N–H and O–H groups in total. The molecule has 1 aliphatic rings. The van der Waals surface area contributed by atoms with E-state index in [4.69, 9.17) is 4.74 Å². The summed E-state index contributed by atoms with van der Waals surface area (Å²) in [5.41, 5.74) is 5.81. The SMILES string of the molecule is CCCCCCCc1cc(C)c(N2C[C@@H](C)O[C@@H](C)C2)cc1C. The van der Waals surface area contributed by atoms with Crippen LogP contribution in [-0.2, 0) is 11.2 Å². The summed E-state index contributed by atoms with van der Waals surface area (Å²) in [5.74, 6) is 0. The lowest BCUT2D eigenvalue weighted by Crippen LogP contribution is -2.45. The van der Waals surface area contributed by atoms with Crippen LogP contribution in [0.4, 0.5) is 5.69 Å². The van der Waals surface area contributed by atoms with Gasteiger partial charge < -0.3 is 9.64 Å². The molecule has 0 saturated carbocycles. The molecular weight excluding hydrogens is 282 g/mol. The fourth-order valence-electron chi connectivity index (χ4n) is 3.76. The Hall–Kier alpha value is -1.02. The number of ether oxygens (including phenoxy) is 1. The van der Waals surface area contributed by atoms with E-state index in [1.54, 1.807) is 0 Å². The predicted molar refractivity (Wildman–Crippen MR) is 101 cm³/mol. The smallest absolute Gasteiger partial charge is 0.0726 e. The molecule has 1 fully saturated rings. The fourth-order valence-corrected chi connectivity index (χ4v) is 3.76. The molecular formula is C21H35NO. The lowest BCUT2D eigenvalue weighted by Gasteiger charge is -2.38. The molecule has 1 aromatic carbocycles. The van der Waals surface area contributed by atoms with Crippen molar-refractivity contribution in [3.63, 3.8) is 0 Å². The second-order valence-corrected chi connectivity index (χ2v) is 7.39. The van der Waals surface area contributed by atoms with Gasteiger partial charge in [-0.05, 0) is 63.3 Å². The molecule has 2 atom stereocenters. The second-order valence-electron chi connectivity index (χ2n) is 7.39. The molecule has 1 aliphatic heterocycles. The normalized spacial score (nSPS) is 21.7. The van der Waals surface area contributed by atoms with Gasteiger partial charge in [-0.3, -0.25) is 0 Å². The monoisotopic (exact) mass is 317 g/mol. The molecule has 23 heavy (non-hydrogen) atoms. The lowest BCUT2D eigenvalue weighted by atomic mass is 9.97. The molecule has 1 heterocycles. The Morgan fingerprint density at radius 3 is 2.26 bits per heavy atom. The van der Waals surface area contributed by atoms with E-state index in [2.05, 4.69) is 51.7 Å². The van der Waals surface area contributed by atoms with E-state index >= 15 is 0 Å². The molecule has 1 saturated heterocycles. The zero-order valence-corrected chi connectivity index (χ0v) is 15.8. The van der Waals surface area contributed by atoms with Gasteiger partial charge in [-0.1, -0.05) is 38.7 Å².